The number of fused-ring (bicyclic) bond motifs is 1. The average Bonchev–Trinajstić information content (AvgIpc) is 3.32. The highest BCUT2D eigenvalue weighted by Crippen LogP contribution is 2.37. The molecule has 7 nitrogen and oxygen atoms in total. The molecule has 1 unspecified atom stereocenters. The molecule has 0 spiro atoms. The summed E-state index contributed by atoms with van der Waals surface area (Å²) in [7, 11) is 0. The molecule has 5 rings (SSSR count). The minimum Gasteiger partial charge on any atom is -0.481 e. The molecule has 37 heavy (non-hydrogen) atoms. The van der Waals surface area contributed by atoms with E-state index in [0.717, 1.165) is 42.1 Å². The average molecular weight is 524 g/mol. The van der Waals surface area contributed by atoms with Crippen molar-refractivity contribution < 1.29 is 24.0 Å². The number of carboxylic acid groups (broad SMARTS) is 1. The number of rotatable bonds is 7. The molecule has 1 atom stereocenters. The van der Waals surface area contributed by atoms with Gasteiger partial charge in [-0.1, -0.05) is 29.8 Å². The molecule has 0 radical (unpaired) electrons. The van der Waals surface area contributed by atoms with E-state index >= 15 is 0 Å². The van der Waals surface area contributed by atoms with E-state index in [4.69, 9.17) is 16.7 Å². The van der Waals surface area contributed by atoms with Crippen molar-refractivity contribution in [3.8, 4) is 0 Å². The van der Waals surface area contributed by atoms with Crippen LogP contribution in [-0.2, 0) is 16.1 Å². The molecule has 2 aromatic carbocycles. The Morgan fingerprint density at radius 1 is 1.14 bits per heavy atom. The molecular weight excluding hydrogens is 495 g/mol. The zero-order valence-corrected chi connectivity index (χ0v) is 21.0. The third kappa shape index (κ3) is 5.76. The summed E-state index contributed by atoms with van der Waals surface area (Å²) in [6.45, 7) is 0.572. The first kappa shape index (κ1) is 25.2. The zero-order valence-electron chi connectivity index (χ0n) is 20.3. The van der Waals surface area contributed by atoms with E-state index in [9.17, 15) is 14.0 Å². The second-order valence-electron chi connectivity index (χ2n) is 9.79. The predicted molar refractivity (Wildman–Crippen MR) is 140 cm³/mol. The van der Waals surface area contributed by atoms with Crippen LogP contribution in [0.15, 0.2) is 71.6 Å². The summed E-state index contributed by atoms with van der Waals surface area (Å²) in [6, 6.07) is 13.0. The number of carboxylic acids is 1. The fraction of sp³-hybridized carbons (Fsp3) is 0.321. The van der Waals surface area contributed by atoms with Crippen LogP contribution in [0.2, 0.25) is 5.02 Å². The Hall–Kier alpha value is -3.49. The Morgan fingerprint density at radius 2 is 1.89 bits per heavy atom. The van der Waals surface area contributed by atoms with Gasteiger partial charge in [0, 0.05) is 41.5 Å². The summed E-state index contributed by atoms with van der Waals surface area (Å²) in [5.74, 6) is -0.0229. The molecule has 2 aromatic rings. The van der Waals surface area contributed by atoms with Gasteiger partial charge in [0.05, 0.1) is 0 Å². The van der Waals surface area contributed by atoms with Crippen molar-refractivity contribution in [3.63, 3.8) is 0 Å². The number of nitrogens with zero attached hydrogens (tertiary/aromatic N) is 2. The van der Waals surface area contributed by atoms with Gasteiger partial charge in [0.2, 0.25) is 5.84 Å². The van der Waals surface area contributed by atoms with Crippen LogP contribution in [0.1, 0.15) is 49.1 Å². The number of hydrogen-bond donors (Lipinski definition) is 3. The summed E-state index contributed by atoms with van der Waals surface area (Å²) in [4.78, 5) is 31.1. The van der Waals surface area contributed by atoms with Gasteiger partial charge in [-0.15, -0.1) is 0 Å². The lowest BCUT2D eigenvalue weighted by molar-refractivity contribution is -0.742. The monoisotopic (exact) mass is 523 g/mol. The molecule has 1 fully saturated rings. The number of hydrogen-bond acceptors (Lipinski definition) is 4. The number of quaternary nitrogens is 1. The second kappa shape index (κ2) is 10.9. The van der Waals surface area contributed by atoms with Crippen molar-refractivity contribution in [1.29, 1.82) is 0 Å². The minimum absolute atomic E-state index is 0.0165. The molecule has 1 amide bonds. The van der Waals surface area contributed by atoms with Crippen molar-refractivity contribution in [3.05, 3.63) is 88.6 Å². The Balaban J connectivity index is 1.17. The third-order valence-electron chi connectivity index (χ3n) is 7.36. The molecule has 192 valence electrons. The van der Waals surface area contributed by atoms with Crippen molar-refractivity contribution in [2.45, 2.75) is 44.6 Å². The Morgan fingerprint density at radius 3 is 2.59 bits per heavy atom. The normalized spacial score (nSPS) is 22.8. The molecule has 0 bridgehead atoms. The standard InChI is InChI=1S/C28H28ClFN4O3/c29-23-2-1-3-24(30)22(23)15-31-28(37)25-16-34-17-33(13-12-26(34)32-25)21-10-8-20(9-11-21)19-6-4-18(5-7-19)14-27(35)36/h1-3,8-13,16,18-19H,4-7,14-15,17H2,(H,31,37)(H,35,36)/p+1. The number of benzene rings is 2. The Labute approximate surface area is 219 Å². The van der Waals surface area contributed by atoms with E-state index < -0.39 is 11.8 Å². The predicted octanol–water partition coefficient (Wildman–Crippen LogP) is 3.97. The van der Waals surface area contributed by atoms with Gasteiger partial charge in [-0.25, -0.2) is 9.29 Å². The number of carbonyl (C=O) groups is 2. The van der Waals surface area contributed by atoms with Gasteiger partial charge in [0.25, 0.3) is 5.91 Å². The number of halogens is 2. The first-order chi connectivity index (χ1) is 17.9. The van der Waals surface area contributed by atoms with Crippen LogP contribution in [0.4, 0.5) is 10.1 Å². The van der Waals surface area contributed by atoms with E-state index in [-0.39, 0.29) is 35.2 Å². The number of aliphatic carboxylic acids is 1. The lowest BCUT2D eigenvalue weighted by Gasteiger charge is -2.29. The summed E-state index contributed by atoms with van der Waals surface area (Å²) < 4.78 is 14.0. The van der Waals surface area contributed by atoms with Gasteiger partial charge in [-0.3, -0.25) is 14.5 Å². The first-order valence-corrected chi connectivity index (χ1v) is 12.9. The zero-order chi connectivity index (χ0) is 25.9. The highest BCUT2D eigenvalue weighted by Gasteiger charge is 2.30. The maximum atomic E-state index is 14.0. The van der Waals surface area contributed by atoms with Crippen molar-refractivity contribution in [2.24, 2.45) is 10.9 Å². The van der Waals surface area contributed by atoms with Gasteiger partial charge in [0.15, 0.2) is 12.4 Å². The van der Waals surface area contributed by atoms with Crippen molar-refractivity contribution >= 4 is 35.0 Å². The molecule has 1 saturated carbocycles. The number of carbonyl (C=O) groups excluding carboxylic acids is 1. The van der Waals surface area contributed by atoms with Crippen molar-refractivity contribution in [2.75, 3.05) is 11.6 Å². The van der Waals surface area contributed by atoms with Crippen molar-refractivity contribution in [1.82, 2.24) is 5.32 Å². The molecule has 0 aromatic heterocycles. The molecule has 9 heteroatoms. The second-order valence-corrected chi connectivity index (χ2v) is 10.2. The Kier molecular flexibility index (Phi) is 7.39. The highest BCUT2D eigenvalue weighted by molar-refractivity contribution is 6.31. The summed E-state index contributed by atoms with van der Waals surface area (Å²) in [5.41, 5.74) is 2.88. The maximum Gasteiger partial charge on any atom is 0.303 e. The molecule has 3 aliphatic rings. The number of anilines is 1. The molecule has 3 N–H and O–H groups in total. The van der Waals surface area contributed by atoms with E-state index in [1.54, 1.807) is 12.3 Å². The number of amidine groups is 1. The summed E-state index contributed by atoms with van der Waals surface area (Å²) >= 11 is 6.05. The number of amides is 1. The van der Waals surface area contributed by atoms with E-state index in [1.165, 1.54) is 17.7 Å². The van der Waals surface area contributed by atoms with Crippen LogP contribution in [0.5, 0.6) is 0 Å². The van der Waals surface area contributed by atoms with Crippen LogP contribution in [-0.4, -0.2) is 29.5 Å². The van der Waals surface area contributed by atoms with Gasteiger partial charge in [-0.2, -0.15) is 4.99 Å². The fourth-order valence-corrected chi connectivity index (χ4v) is 5.51. The summed E-state index contributed by atoms with van der Waals surface area (Å²) in [6.07, 6.45) is 9.87. The number of aliphatic imine (C=N–C) groups is 1. The molecule has 2 aliphatic heterocycles. The van der Waals surface area contributed by atoms with E-state index in [2.05, 4.69) is 39.5 Å². The van der Waals surface area contributed by atoms with Gasteiger partial charge in [0.1, 0.15) is 12.0 Å². The van der Waals surface area contributed by atoms with Crippen LogP contribution in [0, 0.1) is 11.7 Å². The lowest BCUT2D eigenvalue weighted by atomic mass is 9.77. The van der Waals surface area contributed by atoms with Crippen LogP contribution in [0.25, 0.3) is 0 Å². The molecule has 1 aliphatic carbocycles. The minimum atomic E-state index is -0.703. The lowest BCUT2D eigenvalue weighted by Crippen LogP contribution is -3.11. The molecular formula is C28H29ClFN4O3+. The maximum absolute atomic E-state index is 14.0. The third-order valence-corrected chi connectivity index (χ3v) is 7.71. The van der Waals surface area contributed by atoms with E-state index in [1.807, 2.05) is 12.3 Å². The SMILES string of the molecule is O=C(O)CC1CCC(c2ccc(N3C=CC4=NC(C(=O)NCc5c(F)cccc5Cl)=C[NH+]4C3)cc2)CC1. The smallest absolute Gasteiger partial charge is 0.303 e. The quantitative estimate of drug-likeness (QED) is 0.512. The van der Waals surface area contributed by atoms with Crippen LogP contribution in [0.3, 0.4) is 0 Å². The topological polar surface area (TPSA) is 86.4 Å². The van der Waals surface area contributed by atoms with Gasteiger partial charge in [-0.05, 0) is 67.3 Å². The van der Waals surface area contributed by atoms with E-state index in [0.29, 0.717) is 18.5 Å². The summed E-state index contributed by atoms with van der Waals surface area (Å²) in [5, 5.41) is 12.0. The van der Waals surface area contributed by atoms with Crippen LogP contribution >= 0.6 is 11.6 Å². The molecule has 2 heterocycles. The van der Waals surface area contributed by atoms with Crippen LogP contribution < -0.4 is 15.1 Å². The highest BCUT2D eigenvalue weighted by atomic mass is 35.5. The fourth-order valence-electron chi connectivity index (χ4n) is 5.28. The number of nitrogens with one attached hydrogen (secondary N) is 2. The Bertz CT molecular complexity index is 1260. The van der Waals surface area contributed by atoms with Gasteiger partial charge >= 0.3 is 5.97 Å². The van der Waals surface area contributed by atoms with Gasteiger partial charge < -0.3 is 10.4 Å². The first-order valence-electron chi connectivity index (χ1n) is 12.5. The molecule has 0 saturated heterocycles. The largest absolute Gasteiger partial charge is 0.481 e.